The van der Waals surface area contributed by atoms with E-state index in [0.29, 0.717) is 0 Å². The Labute approximate surface area is 78.0 Å². The van der Waals surface area contributed by atoms with Gasteiger partial charge in [0.2, 0.25) is 0 Å². The third kappa shape index (κ3) is 3.38. The molecule has 1 aromatic rings. The number of aliphatic hydroxyl groups is 1. The van der Waals surface area contributed by atoms with E-state index in [1.807, 2.05) is 6.92 Å². The van der Waals surface area contributed by atoms with Crippen LogP contribution in [0.5, 0.6) is 0 Å². The zero-order valence-electron chi connectivity index (χ0n) is 7.82. The van der Waals surface area contributed by atoms with Gasteiger partial charge in [-0.1, -0.05) is 0 Å². The van der Waals surface area contributed by atoms with Crippen molar-refractivity contribution in [1.29, 1.82) is 0 Å². The molecule has 0 fully saturated rings. The first kappa shape index (κ1) is 9.92. The summed E-state index contributed by atoms with van der Waals surface area (Å²) in [5.74, 6) is 0.834. The monoisotopic (exact) mass is 181 g/mol. The van der Waals surface area contributed by atoms with Crippen LogP contribution < -0.4 is 5.32 Å². The predicted molar refractivity (Wildman–Crippen MR) is 51.6 cm³/mol. The molecule has 0 radical (unpaired) electrons. The highest BCUT2D eigenvalue weighted by Crippen LogP contribution is 2.05. The summed E-state index contributed by atoms with van der Waals surface area (Å²) in [6.45, 7) is 3.00. The van der Waals surface area contributed by atoms with Crippen molar-refractivity contribution >= 4 is 5.82 Å². The molecule has 0 aliphatic rings. The lowest BCUT2D eigenvalue weighted by Crippen LogP contribution is -2.06. The molecule has 0 spiro atoms. The van der Waals surface area contributed by atoms with Gasteiger partial charge in [0.1, 0.15) is 5.82 Å². The smallest absolute Gasteiger partial charge is 0.147 e. The number of nitrogens with zero attached hydrogens (tertiary/aromatic N) is 2. The number of rotatable bonds is 5. The second kappa shape index (κ2) is 5.48. The van der Waals surface area contributed by atoms with Crippen LogP contribution in [0.15, 0.2) is 12.4 Å². The zero-order valence-corrected chi connectivity index (χ0v) is 7.82. The Morgan fingerprint density at radius 2 is 2.08 bits per heavy atom. The number of anilines is 1. The Hall–Kier alpha value is -1.16. The first-order chi connectivity index (χ1) is 6.34. The molecule has 13 heavy (non-hydrogen) atoms. The molecule has 1 heterocycles. The largest absolute Gasteiger partial charge is 0.396 e. The van der Waals surface area contributed by atoms with Gasteiger partial charge in [-0.3, -0.25) is 4.98 Å². The summed E-state index contributed by atoms with van der Waals surface area (Å²) in [6.07, 6.45) is 5.12. The molecule has 0 bridgehead atoms. The van der Waals surface area contributed by atoms with Crippen LogP contribution in [0.4, 0.5) is 5.82 Å². The molecule has 4 nitrogen and oxygen atoms in total. The van der Waals surface area contributed by atoms with Gasteiger partial charge in [-0.2, -0.15) is 0 Å². The van der Waals surface area contributed by atoms with Crippen LogP contribution in [0.3, 0.4) is 0 Å². The summed E-state index contributed by atoms with van der Waals surface area (Å²) in [5, 5.41) is 11.7. The topological polar surface area (TPSA) is 58.0 Å². The van der Waals surface area contributed by atoms with Gasteiger partial charge in [0.05, 0.1) is 5.69 Å². The fourth-order valence-electron chi connectivity index (χ4n) is 1.02. The summed E-state index contributed by atoms with van der Waals surface area (Å²) in [6, 6.07) is 0. The van der Waals surface area contributed by atoms with Gasteiger partial charge in [0.25, 0.3) is 0 Å². The molecule has 0 saturated heterocycles. The highest BCUT2D eigenvalue weighted by Gasteiger charge is 1.97. The summed E-state index contributed by atoms with van der Waals surface area (Å²) in [5.41, 5.74) is 0.909. The quantitative estimate of drug-likeness (QED) is 0.664. The molecule has 4 heteroatoms. The van der Waals surface area contributed by atoms with Crippen LogP contribution in [0.2, 0.25) is 0 Å². The number of aliphatic hydroxyl groups excluding tert-OH is 1. The van der Waals surface area contributed by atoms with Crippen molar-refractivity contribution in [2.75, 3.05) is 18.5 Å². The Morgan fingerprint density at radius 3 is 2.77 bits per heavy atom. The minimum Gasteiger partial charge on any atom is -0.396 e. The summed E-state index contributed by atoms with van der Waals surface area (Å²) < 4.78 is 0. The number of unbranched alkanes of at least 4 members (excludes halogenated alkanes) is 1. The highest BCUT2D eigenvalue weighted by atomic mass is 16.2. The number of hydrogen-bond acceptors (Lipinski definition) is 4. The summed E-state index contributed by atoms with van der Waals surface area (Å²) in [7, 11) is 0. The minimum absolute atomic E-state index is 0.251. The molecule has 1 rings (SSSR count). The molecular weight excluding hydrogens is 166 g/mol. The van der Waals surface area contributed by atoms with Crippen LogP contribution in [0.1, 0.15) is 18.5 Å². The van der Waals surface area contributed by atoms with Crippen LogP contribution in [0, 0.1) is 6.92 Å². The number of aryl methyl sites for hydroxylation is 1. The van der Waals surface area contributed by atoms with Gasteiger partial charge >= 0.3 is 0 Å². The second-order valence-corrected chi connectivity index (χ2v) is 2.85. The second-order valence-electron chi connectivity index (χ2n) is 2.85. The Balaban J connectivity index is 2.32. The number of nitrogens with one attached hydrogen (secondary N) is 1. The Morgan fingerprint density at radius 1 is 1.31 bits per heavy atom. The van der Waals surface area contributed by atoms with Crippen LogP contribution in [0.25, 0.3) is 0 Å². The fraction of sp³-hybridized carbons (Fsp3) is 0.556. The van der Waals surface area contributed by atoms with E-state index in [1.54, 1.807) is 12.4 Å². The maximum Gasteiger partial charge on any atom is 0.147 e. The van der Waals surface area contributed by atoms with Gasteiger partial charge in [0.15, 0.2) is 0 Å². The van der Waals surface area contributed by atoms with Crippen molar-refractivity contribution in [3.05, 3.63) is 18.1 Å². The molecule has 0 aromatic carbocycles. The molecule has 2 N–H and O–H groups in total. The molecule has 0 amide bonds. The van der Waals surface area contributed by atoms with Crippen LogP contribution in [-0.2, 0) is 0 Å². The molecule has 1 aromatic heterocycles. The fourth-order valence-corrected chi connectivity index (χ4v) is 1.02. The van der Waals surface area contributed by atoms with Gasteiger partial charge in [0, 0.05) is 25.5 Å². The predicted octanol–water partition coefficient (Wildman–Crippen LogP) is 0.969. The van der Waals surface area contributed by atoms with Crippen molar-refractivity contribution < 1.29 is 5.11 Å². The average molecular weight is 181 g/mol. The summed E-state index contributed by atoms with van der Waals surface area (Å²) in [4.78, 5) is 8.24. The Bertz CT molecular complexity index is 252. The van der Waals surface area contributed by atoms with E-state index in [1.165, 1.54) is 0 Å². The third-order valence-corrected chi connectivity index (χ3v) is 1.76. The molecular formula is C9H15N3O. The molecule has 0 atom stereocenters. The first-order valence-corrected chi connectivity index (χ1v) is 4.47. The minimum atomic E-state index is 0.251. The van der Waals surface area contributed by atoms with Crippen molar-refractivity contribution in [2.45, 2.75) is 19.8 Å². The van der Waals surface area contributed by atoms with Gasteiger partial charge < -0.3 is 10.4 Å². The SMILES string of the molecule is Cc1nccnc1NCCCCO. The van der Waals surface area contributed by atoms with Crippen LogP contribution in [-0.4, -0.2) is 28.2 Å². The zero-order chi connectivity index (χ0) is 9.52. The van der Waals surface area contributed by atoms with Crippen LogP contribution >= 0.6 is 0 Å². The third-order valence-electron chi connectivity index (χ3n) is 1.76. The number of aromatic nitrogens is 2. The lowest BCUT2D eigenvalue weighted by Gasteiger charge is -2.05. The lowest BCUT2D eigenvalue weighted by atomic mass is 10.3. The van der Waals surface area contributed by atoms with E-state index in [4.69, 9.17) is 5.11 Å². The van der Waals surface area contributed by atoms with Crippen molar-refractivity contribution in [3.63, 3.8) is 0 Å². The molecule has 72 valence electrons. The molecule has 0 unspecified atom stereocenters. The average Bonchev–Trinajstić information content (AvgIpc) is 2.15. The lowest BCUT2D eigenvalue weighted by molar-refractivity contribution is 0.286. The van der Waals surface area contributed by atoms with E-state index < -0.39 is 0 Å². The normalized spacial score (nSPS) is 10.0. The highest BCUT2D eigenvalue weighted by molar-refractivity contribution is 5.37. The van der Waals surface area contributed by atoms with E-state index in [2.05, 4.69) is 15.3 Å². The van der Waals surface area contributed by atoms with Gasteiger partial charge in [-0.25, -0.2) is 4.98 Å². The molecule has 0 aliphatic heterocycles. The maximum atomic E-state index is 8.56. The Kier molecular flexibility index (Phi) is 4.18. The van der Waals surface area contributed by atoms with Crippen molar-refractivity contribution in [3.8, 4) is 0 Å². The van der Waals surface area contributed by atoms with Crippen molar-refractivity contribution in [1.82, 2.24) is 9.97 Å². The first-order valence-electron chi connectivity index (χ1n) is 4.47. The summed E-state index contributed by atoms with van der Waals surface area (Å²) >= 11 is 0. The van der Waals surface area contributed by atoms with E-state index >= 15 is 0 Å². The molecule has 0 aliphatic carbocycles. The van der Waals surface area contributed by atoms with Gasteiger partial charge in [-0.05, 0) is 19.8 Å². The molecule has 0 saturated carbocycles. The number of hydrogen-bond donors (Lipinski definition) is 2. The van der Waals surface area contributed by atoms with Gasteiger partial charge in [-0.15, -0.1) is 0 Å². The van der Waals surface area contributed by atoms with E-state index in [9.17, 15) is 0 Å². The standard InChI is InChI=1S/C9H15N3O/c1-8-9(12-6-5-10-8)11-4-2-3-7-13/h5-6,13H,2-4,7H2,1H3,(H,11,12). The van der Waals surface area contributed by atoms with E-state index in [0.717, 1.165) is 30.9 Å². The van der Waals surface area contributed by atoms with Crippen molar-refractivity contribution in [2.24, 2.45) is 0 Å². The maximum absolute atomic E-state index is 8.56. The van der Waals surface area contributed by atoms with E-state index in [-0.39, 0.29) is 6.61 Å².